The Labute approximate surface area is 126 Å². The van der Waals surface area contributed by atoms with Gasteiger partial charge in [-0.05, 0) is 13.0 Å². The summed E-state index contributed by atoms with van der Waals surface area (Å²) < 4.78 is 25.9. The molecule has 0 N–H and O–H groups in total. The fourth-order valence-electron chi connectivity index (χ4n) is 2.26. The van der Waals surface area contributed by atoms with E-state index in [1.807, 2.05) is 35.9 Å². The number of para-hydroxylation sites is 1. The van der Waals surface area contributed by atoms with Crippen LogP contribution in [0.25, 0.3) is 10.9 Å². The van der Waals surface area contributed by atoms with Crippen LogP contribution in [0.2, 0.25) is 0 Å². The van der Waals surface area contributed by atoms with E-state index in [1.54, 1.807) is 0 Å². The number of aryl methyl sites for hydroxylation is 1. The van der Waals surface area contributed by atoms with Gasteiger partial charge >= 0.3 is 0 Å². The van der Waals surface area contributed by atoms with Gasteiger partial charge in [-0.15, -0.1) is 0 Å². The monoisotopic (exact) mass is 324 g/mol. The second kappa shape index (κ2) is 5.16. The first-order valence-corrected chi connectivity index (χ1v) is 8.71. The number of benzene rings is 1. The lowest BCUT2D eigenvalue weighted by molar-refractivity contribution is 0.608. The molecule has 0 radical (unpaired) electrons. The van der Waals surface area contributed by atoms with Crippen molar-refractivity contribution in [2.24, 2.45) is 0 Å². The van der Waals surface area contributed by atoms with Crippen LogP contribution in [0.5, 0.6) is 0 Å². The van der Waals surface area contributed by atoms with E-state index >= 15 is 0 Å². The number of rotatable bonds is 4. The highest BCUT2D eigenvalue weighted by atomic mass is 35.7. The van der Waals surface area contributed by atoms with Crippen LogP contribution in [0.3, 0.4) is 0 Å². The summed E-state index contributed by atoms with van der Waals surface area (Å²) in [6.07, 6.45) is 2.64. The van der Waals surface area contributed by atoms with E-state index in [4.69, 9.17) is 10.7 Å². The molecule has 2 heterocycles. The van der Waals surface area contributed by atoms with E-state index < -0.39 is 9.05 Å². The Balaban J connectivity index is 2.00. The normalized spacial score (nSPS) is 12.1. The van der Waals surface area contributed by atoms with Crippen molar-refractivity contribution in [2.75, 3.05) is 0 Å². The molecule has 0 bridgehead atoms. The lowest BCUT2D eigenvalue weighted by Gasteiger charge is -1.98. The molecular formula is C13H13ClN4O2S. The van der Waals surface area contributed by atoms with E-state index in [0.717, 1.165) is 23.1 Å². The average Bonchev–Trinajstić information content (AvgIpc) is 3.04. The zero-order valence-electron chi connectivity index (χ0n) is 11.3. The van der Waals surface area contributed by atoms with Crippen LogP contribution in [0.1, 0.15) is 12.6 Å². The van der Waals surface area contributed by atoms with Crippen LogP contribution in [0.4, 0.5) is 0 Å². The minimum Gasteiger partial charge on any atom is -0.265 e. The molecule has 0 fully saturated rings. The van der Waals surface area contributed by atoms with Crippen molar-refractivity contribution in [1.82, 2.24) is 19.6 Å². The summed E-state index contributed by atoms with van der Waals surface area (Å²) in [7, 11) is 1.54. The van der Waals surface area contributed by atoms with Crippen LogP contribution >= 0.6 is 10.7 Å². The largest absolute Gasteiger partial charge is 0.265 e. The molecule has 110 valence electrons. The number of hydrogen-bond acceptors (Lipinski definition) is 4. The van der Waals surface area contributed by atoms with Crippen molar-refractivity contribution in [3.63, 3.8) is 0 Å². The lowest BCUT2D eigenvalue weighted by atomic mass is 10.2. The number of fused-ring (bicyclic) bond motifs is 1. The van der Waals surface area contributed by atoms with Crippen LogP contribution in [-0.2, 0) is 22.1 Å². The summed E-state index contributed by atoms with van der Waals surface area (Å²) in [6, 6.07) is 7.91. The van der Waals surface area contributed by atoms with E-state index in [2.05, 4.69) is 10.2 Å². The van der Waals surface area contributed by atoms with Crippen LogP contribution in [-0.4, -0.2) is 28.0 Å². The second-order valence-corrected chi connectivity index (χ2v) is 7.16. The molecule has 1 aromatic carbocycles. The summed E-state index contributed by atoms with van der Waals surface area (Å²) in [4.78, 5) is -0.0107. The Hall–Kier alpha value is -1.86. The van der Waals surface area contributed by atoms with Gasteiger partial charge in [-0.3, -0.25) is 9.36 Å². The van der Waals surface area contributed by atoms with Crippen molar-refractivity contribution in [3.05, 3.63) is 42.4 Å². The van der Waals surface area contributed by atoms with Gasteiger partial charge in [-0.25, -0.2) is 8.42 Å². The summed E-state index contributed by atoms with van der Waals surface area (Å²) in [5, 5.41) is 9.60. The second-order valence-electron chi connectivity index (χ2n) is 4.59. The maximum atomic E-state index is 11.3. The van der Waals surface area contributed by atoms with Gasteiger partial charge in [-0.1, -0.05) is 18.2 Å². The topological polar surface area (TPSA) is 69.8 Å². The van der Waals surface area contributed by atoms with Gasteiger partial charge in [0.2, 0.25) is 0 Å². The Morgan fingerprint density at radius 1 is 1.29 bits per heavy atom. The van der Waals surface area contributed by atoms with Crippen LogP contribution < -0.4 is 0 Å². The fourth-order valence-corrected chi connectivity index (χ4v) is 2.92. The van der Waals surface area contributed by atoms with Crippen LogP contribution in [0.15, 0.2) is 41.6 Å². The predicted molar refractivity (Wildman–Crippen MR) is 79.8 cm³/mol. The summed E-state index contributed by atoms with van der Waals surface area (Å²) in [5.74, 6) is 0. The molecular weight excluding hydrogens is 312 g/mol. The standard InChI is InChI=1S/C13H13ClN4O2S/c1-2-18-13-6-4-3-5-11(13)12(16-18)9-17-8-10(7-15-17)21(14,19)20/h3-8H,2,9H2,1H3. The van der Waals surface area contributed by atoms with Gasteiger partial charge in [0.05, 0.1) is 24.0 Å². The molecule has 0 saturated carbocycles. The third-order valence-corrected chi connectivity index (χ3v) is 4.55. The van der Waals surface area contributed by atoms with E-state index in [1.165, 1.54) is 17.1 Å². The quantitative estimate of drug-likeness (QED) is 0.690. The highest BCUT2D eigenvalue weighted by Crippen LogP contribution is 2.20. The van der Waals surface area contributed by atoms with Crippen molar-refractivity contribution in [3.8, 4) is 0 Å². The first-order valence-electron chi connectivity index (χ1n) is 6.40. The number of nitrogens with zero attached hydrogens (tertiary/aromatic N) is 4. The maximum absolute atomic E-state index is 11.3. The zero-order valence-corrected chi connectivity index (χ0v) is 12.8. The van der Waals surface area contributed by atoms with Crippen molar-refractivity contribution in [2.45, 2.75) is 24.9 Å². The highest BCUT2D eigenvalue weighted by Gasteiger charge is 2.14. The molecule has 0 saturated heterocycles. The first kappa shape index (κ1) is 14.1. The Kier molecular flexibility index (Phi) is 3.46. The molecule has 0 aliphatic carbocycles. The summed E-state index contributed by atoms with van der Waals surface area (Å²) in [6.45, 7) is 3.18. The third-order valence-electron chi connectivity index (χ3n) is 3.24. The lowest BCUT2D eigenvalue weighted by Crippen LogP contribution is -2.03. The molecule has 2 aromatic heterocycles. The molecule has 6 nitrogen and oxygen atoms in total. The molecule has 0 aliphatic heterocycles. The van der Waals surface area contributed by atoms with Gasteiger partial charge in [0.15, 0.2) is 0 Å². The minimum atomic E-state index is -3.75. The molecule has 0 atom stereocenters. The zero-order chi connectivity index (χ0) is 15.0. The van der Waals surface area contributed by atoms with Gasteiger partial charge in [0.1, 0.15) is 4.90 Å². The van der Waals surface area contributed by atoms with Crippen molar-refractivity contribution >= 4 is 30.6 Å². The van der Waals surface area contributed by atoms with Crippen molar-refractivity contribution < 1.29 is 8.42 Å². The molecule has 3 rings (SSSR count). The summed E-state index contributed by atoms with van der Waals surface area (Å²) in [5.41, 5.74) is 1.89. The molecule has 0 aliphatic rings. The first-order chi connectivity index (χ1) is 9.99. The van der Waals surface area contributed by atoms with Gasteiger partial charge in [0.25, 0.3) is 9.05 Å². The van der Waals surface area contributed by atoms with E-state index in [-0.39, 0.29) is 4.90 Å². The number of aromatic nitrogens is 4. The third kappa shape index (κ3) is 2.66. The fraction of sp³-hybridized carbons (Fsp3) is 0.231. The number of hydrogen-bond donors (Lipinski definition) is 0. The predicted octanol–water partition coefficient (Wildman–Crippen LogP) is 2.23. The van der Waals surface area contributed by atoms with Gasteiger partial charge in [0, 0.05) is 28.8 Å². The molecule has 3 aromatic rings. The maximum Gasteiger partial charge on any atom is 0.264 e. The van der Waals surface area contributed by atoms with Gasteiger partial charge < -0.3 is 0 Å². The van der Waals surface area contributed by atoms with E-state index in [9.17, 15) is 8.42 Å². The van der Waals surface area contributed by atoms with Crippen LogP contribution in [0, 0.1) is 0 Å². The Morgan fingerprint density at radius 2 is 2.05 bits per heavy atom. The smallest absolute Gasteiger partial charge is 0.264 e. The van der Waals surface area contributed by atoms with Gasteiger partial charge in [-0.2, -0.15) is 10.2 Å². The highest BCUT2D eigenvalue weighted by molar-refractivity contribution is 8.13. The molecule has 0 amide bonds. The SMILES string of the molecule is CCn1nc(Cn2cc(S(=O)(=O)Cl)cn2)c2ccccc21. The van der Waals surface area contributed by atoms with Crippen molar-refractivity contribution in [1.29, 1.82) is 0 Å². The minimum absolute atomic E-state index is 0.0107. The molecule has 21 heavy (non-hydrogen) atoms. The average molecular weight is 325 g/mol. The molecule has 0 spiro atoms. The number of halogens is 1. The van der Waals surface area contributed by atoms with E-state index in [0.29, 0.717) is 6.54 Å². The molecule has 0 unspecified atom stereocenters. The molecule has 8 heteroatoms. The summed E-state index contributed by atoms with van der Waals surface area (Å²) >= 11 is 0. The Morgan fingerprint density at radius 3 is 2.71 bits per heavy atom. The Bertz CT molecular complexity index is 898.